The summed E-state index contributed by atoms with van der Waals surface area (Å²) in [7, 11) is 0. The monoisotopic (exact) mass is 447 g/mol. The first-order chi connectivity index (χ1) is 16.1. The third kappa shape index (κ3) is 3.73. The zero-order valence-corrected chi connectivity index (χ0v) is 18.3. The maximum atomic E-state index is 15.2. The molecule has 6 rings (SSSR count). The maximum absolute atomic E-state index is 15.2. The Morgan fingerprint density at radius 3 is 2.76 bits per heavy atom. The van der Waals surface area contributed by atoms with Gasteiger partial charge in [0, 0.05) is 37.7 Å². The minimum atomic E-state index is -0.465. The van der Waals surface area contributed by atoms with E-state index < -0.39 is 11.5 Å². The van der Waals surface area contributed by atoms with Gasteiger partial charge in [0.1, 0.15) is 11.6 Å². The van der Waals surface area contributed by atoms with Crippen molar-refractivity contribution < 1.29 is 9.18 Å². The van der Waals surface area contributed by atoms with Gasteiger partial charge in [0.05, 0.1) is 5.69 Å². The highest BCUT2D eigenvalue weighted by atomic mass is 19.1. The van der Waals surface area contributed by atoms with Crippen molar-refractivity contribution in [3.8, 4) is 16.8 Å². The van der Waals surface area contributed by atoms with Gasteiger partial charge in [0.2, 0.25) is 5.91 Å². The zero-order chi connectivity index (χ0) is 22.5. The molecule has 0 radical (unpaired) electrons. The number of fused-ring (bicyclic) bond motifs is 1. The van der Waals surface area contributed by atoms with Crippen LogP contribution in [0.15, 0.2) is 41.2 Å². The Morgan fingerprint density at radius 1 is 1.12 bits per heavy atom. The molecule has 1 unspecified atom stereocenters. The Morgan fingerprint density at radius 2 is 1.94 bits per heavy atom. The molecule has 3 aliphatic rings. The van der Waals surface area contributed by atoms with Gasteiger partial charge in [-0.1, -0.05) is 12.1 Å². The smallest absolute Gasteiger partial charge is 0.348 e. The number of aromatic amines is 1. The van der Waals surface area contributed by atoms with Gasteiger partial charge in [-0.25, -0.2) is 18.9 Å². The first-order valence-corrected chi connectivity index (χ1v) is 11.7. The summed E-state index contributed by atoms with van der Waals surface area (Å²) in [4.78, 5) is 26.8. The Labute approximate surface area is 190 Å². The summed E-state index contributed by atoms with van der Waals surface area (Å²) < 4.78 is 16.6. The van der Waals surface area contributed by atoms with Crippen LogP contribution in [0.25, 0.3) is 16.8 Å². The minimum absolute atomic E-state index is 0.194. The number of H-pyrrole nitrogens is 1. The molecule has 33 heavy (non-hydrogen) atoms. The van der Waals surface area contributed by atoms with Crippen LogP contribution in [0, 0.1) is 17.7 Å². The Bertz CT molecular complexity index is 1290. The van der Waals surface area contributed by atoms with Crippen molar-refractivity contribution in [2.75, 3.05) is 25.0 Å². The van der Waals surface area contributed by atoms with Crippen LogP contribution in [0.4, 0.5) is 10.1 Å². The molecular weight excluding hydrogens is 421 g/mol. The average Bonchev–Trinajstić information content (AvgIpc) is 3.21. The van der Waals surface area contributed by atoms with Crippen molar-refractivity contribution >= 4 is 11.6 Å². The first-order valence-electron chi connectivity index (χ1n) is 11.7. The second kappa shape index (κ2) is 7.86. The third-order valence-electron chi connectivity index (χ3n) is 7.07. The minimum Gasteiger partial charge on any atom is -0.384 e. The number of nitrogens with zero attached hydrogens (tertiary/aromatic N) is 3. The molecular formula is C25H26FN5O2. The third-order valence-corrected chi connectivity index (χ3v) is 7.07. The summed E-state index contributed by atoms with van der Waals surface area (Å²) in [5.74, 6) is 0.709. The molecule has 1 atom stereocenters. The van der Waals surface area contributed by atoms with Gasteiger partial charge in [-0.2, -0.15) is 5.10 Å². The fourth-order valence-corrected chi connectivity index (χ4v) is 5.11. The lowest BCUT2D eigenvalue weighted by molar-refractivity contribution is -0.131. The number of hydrogen-bond acceptors (Lipinski definition) is 4. The van der Waals surface area contributed by atoms with Crippen molar-refractivity contribution in [2.24, 2.45) is 11.8 Å². The summed E-state index contributed by atoms with van der Waals surface area (Å²) in [5.41, 5.74) is 3.83. The lowest BCUT2D eigenvalue weighted by atomic mass is 10.0. The van der Waals surface area contributed by atoms with E-state index in [9.17, 15) is 9.59 Å². The van der Waals surface area contributed by atoms with Crippen LogP contribution in [0.2, 0.25) is 0 Å². The predicted octanol–water partition coefficient (Wildman–Crippen LogP) is 3.14. The van der Waals surface area contributed by atoms with Gasteiger partial charge < -0.3 is 10.2 Å². The van der Waals surface area contributed by atoms with Crippen molar-refractivity contribution in [3.05, 3.63) is 64.1 Å². The second-order valence-electron chi connectivity index (χ2n) is 9.41. The number of carbonyl (C=O) groups is 1. The van der Waals surface area contributed by atoms with Crippen LogP contribution in [-0.4, -0.2) is 45.2 Å². The molecule has 170 valence electrons. The highest BCUT2D eigenvalue weighted by molar-refractivity contribution is 5.81. The fraction of sp³-hybridized carbons (Fsp3) is 0.400. The van der Waals surface area contributed by atoms with E-state index in [2.05, 4.69) is 21.6 Å². The van der Waals surface area contributed by atoms with E-state index in [0.29, 0.717) is 18.8 Å². The van der Waals surface area contributed by atoms with E-state index in [1.807, 2.05) is 23.1 Å². The van der Waals surface area contributed by atoms with Crippen LogP contribution < -0.4 is 11.0 Å². The molecule has 7 nitrogen and oxygen atoms in total. The maximum Gasteiger partial charge on any atom is 0.348 e. The second-order valence-corrected chi connectivity index (χ2v) is 9.41. The van der Waals surface area contributed by atoms with Crippen LogP contribution in [-0.2, 0) is 17.6 Å². The normalized spacial score (nSPS) is 19.5. The number of halogens is 1. The van der Waals surface area contributed by atoms with E-state index in [1.165, 1.54) is 16.2 Å². The molecule has 0 bridgehead atoms. The topological polar surface area (TPSA) is 83.0 Å². The molecule has 0 spiro atoms. The van der Waals surface area contributed by atoms with Crippen LogP contribution in [0.5, 0.6) is 0 Å². The van der Waals surface area contributed by atoms with Crippen LogP contribution >= 0.6 is 0 Å². The molecule has 1 amide bonds. The number of amides is 1. The number of rotatable bonds is 5. The first kappa shape index (κ1) is 20.2. The van der Waals surface area contributed by atoms with Crippen LogP contribution in [0.3, 0.4) is 0 Å². The Balaban J connectivity index is 1.24. The lowest BCUT2D eigenvalue weighted by Crippen LogP contribution is -2.30. The number of carbonyl (C=O) groups excluding carboxylic acids is 1. The molecule has 2 fully saturated rings. The van der Waals surface area contributed by atoms with E-state index in [-0.39, 0.29) is 23.4 Å². The van der Waals surface area contributed by atoms with E-state index >= 15 is 4.39 Å². The van der Waals surface area contributed by atoms with Gasteiger partial charge in [-0.05, 0) is 72.6 Å². The number of hydrogen-bond donors (Lipinski definition) is 2. The van der Waals surface area contributed by atoms with Gasteiger partial charge >= 0.3 is 5.69 Å². The summed E-state index contributed by atoms with van der Waals surface area (Å²) in [6, 6.07) is 11.1. The number of anilines is 1. The molecule has 1 saturated carbocycles. The summed E-state index contributed by atoms with van der Waals surface area (Å²) in [6.45, 7) is 2.34. The highest BCUT2D eigenvalue weighted by Gasteiger charge is 2.37. The fourth-order valence-electron chi connectivity index (χ4n) is 5.11. The van der Waals surface area contributed by atoms with Crippen molar-refractivity contribution in [3.63, 3.8) is 0 Å². The number of likely N-dealkylation sites (tertiary alicyclic amines) is 1. The highest BCUT2D eigenvalue weighted by Crippen LogP contribution is 2.34. The Kier molecular flexibility index (Phi) is 4.81. The molecule has 1 saturated heterocycles. The molecule has 8 heteroatoms. The van der Waals surface area contributed by atoms with Crippen molar-refractivity contribution in [2.45, 2.75) is 32.1 Å². The number of nitrogens with one attached hydrogen (secondary N) is 2. The molecule has 3 aromatic rings. The molecule has 2 aromatic carbocycles. The zero-order valence-electron chi connectivity index (χ0n) is 18.3. The standard InChI is InChI=1S/C25H26FN5O2/c26-20-13-18(17-3-5-21-19(12-17)7-9-27-21)4-6-22(20)31-23(28-29-25(31)33)11-15-8-10-30(14-15)24(32)16-1-2-16/h3-6,12-13,15-16,27H,1-2,7-11,14H2,(H,29,33). The Hall–Kier alpha value is -3.42. The van der Waals surface area contributed by atoms with Crippen LogP contribution in [0.1, 0.15) is 30.7 Å². The van der Waals surface area contributed by atoms with E-state index in [0.717, 1.165) is 55.6 Å². The van der Waals surface area contributed by atoms with E-state index in [4.69, 9.17) is 0 Å². The molecule has 1 aliphatic carbocycles. The van der Waals surface area contributed by atoms with Gasteiger partial charge in [0.15, 0.2) is 0 Å². The average molecular weight is 448 g/mol. The molecule has 3 heterocycles. The molecule has 2 aliphatic heterocycles. The van der Waals surface area contributed by atoms with Crippen molar-refractivity contribution in [1.82, 2.24) is 19.7 Å². The number of benzene rings is 2. The summed E-state index contributed by atoms with van der Waals surface area (Å²) >= 11 is 0. The van der Waals surface area contributed by atoms with Crippen molar-refractivity contribution in [1.29, 1.82) is 0 Å². The SMILES string of the molecule is O=C(C1CC1)N1CCC(Cc2n[nH]c(=O)n2-c2ccc(-c3ccc4c(c3)CCN4)cc2F)C1. The van der Waals surface area contributed by atoms with E-state index in [1.54, 1.807) is 6.07 Å². The lowest BCUT2D eigenvalue weighted by Gasteiger charge is -2.16. The molecule has 1 aromatic heterocycles. The predicted molar refractivity (Wildman–Crippen MR) is 123 cm³/mol. The quantitative estimate of drug-likeness (QED) is 0.630. The number of aromatic nitrogens is 3. The van der Waals surface area contributed by atoms with Gasteiger partial charge in [0.25, 0.3) is 0 Å². The molecule has 2 N–H and O–H groups in total. The van der Waals surface area contributed by atoms with Gasteiger partial charge in [-0.15, -0.1) is 0 Å². The largest absolute Gasteiger partial charge is 0.384 e. The summed E-state index contributed by atoms with van der Waals surface area (Å²) in [5, 5.41) is 9.99. The summed E-state index contributed by atoms with van der Waals surface area (Å²) in [6.07, 6.45) is 4.34. The van der Waals surface area contributed by atoms with Gasteiger partial charge in [-0.3, -0.25) is 4.79 Å².